The Labute approximate surface area is 734 Å². The minimum atomic E-state index is 0.508. The van der Waals surface area contributed by atoms with Crippen LogP contribution in [0.15, 0.2) is 442 Å². The minimum absolute atomic E-state index is 0.508. The van der Waals surface area contributed by atoms with Gasteiger partial charge in [-0.2, -0.15) is 0 Å². The molecule has 0 atom stereocenters. The molecule has 0 fully saturated rings. The lowest BCUT2D eigenvalue weighted by atomic mass is 10.0. The molecule has 2 aromatic heterocycles. The molecule has 17 aromatic carbocycles. The normalized spacial score (nSPS) is 11.9. The summed E-state index contributed by atoms with van der Waals surface area (Å²) in [7, 11) is 1.63. The van der Waals surface area contributed by atoms with Crippen LogP contribution in [0.2, 0.25) is 15.1 Å². The Morgan fingerprint density at radius 1 is 0.303 bits per heavy atom. The number of ether oxygens (including phenoxy) is 4. The molecule has 0 aliphatic carbocycles. The van der Waals surface area contributed by atoms with E-state index in [1.807, 2.05) is 133 Å². The van der Waals surface area contributed by atoms with Crippen LogP contribution >= 0.6 is 70.1 Å². The number of hydrogen-bond donors (Lipinski definition) is 0. The maximum absolute atomic E-state index is 7.11. The van der Waals surface area contributed by atoms with Crippen LogP contribution in [0, 0.1) is 0 Å². The van der Waals surface area contributed by atoms with E-state index in [0.717, 1.165) is 128 Å². The Balaban J connectivity index is 0.000000118. The zero-order valence-electron chi connectivity index (χ0n) is 65.4. The van der Waals surface area contributed by atoms with Crippen molar-refractivity contribution in [2.24, 2.45) is 0 Å². The van der Waals surface area contributed by atoms with Gasteiger partial charge in [-0.05, 0) is 187 Å². The first kappa shape index (κ1) is 76.9. The molecule has 0 spiro atoms. The Kier molecular flexibility index (Phi) is 21.5. The summed E-state index contributed by atoms with van der Waals surface area (Å²) < 4.78 is 27.7. The van der Waals surface area contributed by atoms with Crippen LogP contribution in [0.5, 0.6) is 40.2 Å². The van der Waals surface area contributed by atoms with Crippen LogP contribution in [-0.2, 0) is 0 Å². The number of pyridine rings is 1. The molecule has 122 heavy (non-hydrogen) atoms. The van der Waals surface area contributed by atoms with Crippen molar-refractivity contribution in [3.05, 3.63) is 428 Å². The van der Waals surface area contributed by atoms with Crippen molar-refractivity contribution in [3.63, 3.8) is 0 Å². The number of halogens is 3. The van der Waals surface area contributed by atoms with E-state index in [1.54, 1.807) is 37.2 Å². The van der Waals surface area contributed by atoms with Gasteiger partial charge in [0.2, 0.25) is 5.75 Å². The van der Waals surface area contributed by atoms with E-state index in [-0.39, 0.29) is 0 Å². The number of para-hydroxylation sites is 9. The summed E-state index contributed by atoms with van der Waals surface area (Å²) in [5.74, 6) is 4.29. The third kappa shape index (κ3) is 15.4. The minimum Gasteiger partial charge on any atom is -0.493 e. The first-order valence-corrected chi connectivity index (χ1v) is 43.3. The highest BCUT2D eigenvalue weighted by atomic mass is 35.5. The molecule has 10 nitrogen and oxygen atoms in total. The highest BCUT2D eigenvalue weighted by molar-refractivity contribution is 8.05. The van der Waals surface area contributed by atoms with Gasteiger partial charge in [0.1, 0.15) is 5.75 Å². The van der Waals surface area contributed by atoms with E-state index in [9.17, 15) is 0 Å². The number of benzene rings is 17. The summed E-state index contributed by atoms with van der Waals surface area (Å²) in [5, 5.41) is 6.49. The Morgan fingerprint density at radius 3 is 1.37 bits per heavy atom. The SMILES string of the molecule is COc1cc(N(c2ccccc2)c2ccc3c4ccccc4n(-c4ccccc4)c3c2)cc2c1Oc1cc(Cl)ccc1O2.Clc1cc(N(c2ccccc2)c2ccccc2)cc2c1Sc1cc3ccccc3c(N(c3ccccc3)c3ccccc3)c1O2.Clc1ccc(-c2ccc3c(c2)Sc2ccc(N(c4ccccc4)c4ccccc4)cc2S3)nc1. The third-order valence-corrected chi connectivity index (χ3v) is 25.8. The first-order valence-electron chi connectivity index (χ1n) is 39.7. The molecule has 0 saturated carbocycles. The van der Waals surface area contributed by atoms with Crippen molar-refractivity contribution in [3.8, 4) is 57.2 Å². The van der Waals surface area contributed by atoms with Crippen LogP contribution in [-0.4, -0.2) is 16.7 Å². The van der Waals surface area contributed by atoms with Crippen molar-refractivity contribution in [2.75, 3.05) is 26.7 Å². The smallest absolute Gasteiger partial charge is 0.212 e. The standard InChI is InChI=1S/C40H27ClN2OS.C37H25ClN2O3.C29H19ClN2S2/c41-35-26-33(42(29-16-5-1-6-17-29)30-18-7-2-8-19-30)27-36-40(35)45-37-25-28-15-13-14-24-34(28)38(39(37)44-36)43(31-20-9-3-10-21-31)32-22-11-4-12-23-32;1-41-35-22-28(23-36-37(35)43-34-20-24(38)16-19-33(34)42-36)39(25-10-4-2-5-11-25)27-17-18-30-29-14-8-9-15-31(29)40(32(30)21-27)26-12-6-3-7-13-26;30-21-12-14-25(31-19-21)20-11-15-26-28(17-20)33-27-16-13-24(18-29(27)34-26)32(22-7-3-1-4-8-22)23-9-5-2-6-10-23/h1-27H;2-23H,1H3;1-19H. The summed E-state index contributed by atoms with van der Waals surface area (Å²) in [4.78, 5) is 20.5. The molecular formula is C106H71Cl3N6O4S3. The predicted octanol–water partition coefficient (Wildman–Crippen LogP) is 33.0. The summed E-state index contributed by atoms with van der Waals surface area (Å²) >= 11 is 24.6. The van der Waals surface area contributed by atoms with E-state index in [4.69, 9.17) is 53.8 Å². The Hall–Kier alpha value is -13.7. The topological polar surface area (TPSA) is 67.7 Å². The molecule has 0 saturated heterocycles. The van der Waals surface area contributed by atoms with Crippen LogP contribution in [0.25, 0.3) is 49.5 Å². The monoisotopic (exact) mass is 1690 g/mol. The van der Waals surface area contributed by atoms with Crippen LogP contribution < -0.4 is 38.5 Å². The molecule has 16 heteroatoms. The predicted molar refractivity (Wildman–Crippen MR) is 507 cm³/mol. The van der Waals surface area contributed by atoms with E-state index >= 15 is 0 Å². The molecule has 19 aromatic rings. The summed E-state index contributed by atoms with van der Waals surface area (Å²) in [5.41, 5.74) is 17.8. The van der Waals surface area contributed by atoms with Crippen molar-refractivity contribution in [2.45, 2.75) is 29.4 Å². The summed E-state index contributed by atoms with van der Waals surface area (Å²) in [6.45, 7) is 0. The number of aromatic nitrogens is 2. The fraction of sp³-hybridized carbons (Fsp3) is 0.00943. The maximum Gasteiger partial charge on any atom is 0.212 e. The second-order valence-electron chi connectivity index (χ2n) is 28.9. The van der Waals surface area contributed by atoms with Crippen LogP contribution in [0.4, 0.5) is 68.2 Å². The quantitative estimate of drug-likeness (QED) is 0.0982. The van der Waals surface area contributed by atoms with Crippen molar-refractivity contribution >= 4 is 171 Å². The number of hydrogen-bond acceptors (Lipinski definition) is 12. The Bertz CT molecular complexity index is 6940. The number of methoxy groups -OCH3 is 1. The lowest BCUT2D eigenvalue weighted by Gasteiger charge is -2.32. The lowest BCUT2D eigenvalue weighted by molar-refractivity contribution is 0.329. The number of nitrogens with zero attached hydrogens (tertiary/aromatic N) is 6. The van der Waals surface area contributed by atoms with Gasteiger partial charge in [0.05, 0.1) is 60.7 Å². The third-order valence-electron chi connectivity index (χ3n) is 21.3. The van der Waals surface area contributed by atoms with Gasteiger partial charge in [-0.25, -0.2) is 0 Å². The highest BCUT2D eigenvalue weighted by Gasteiger charge is 2.33. The van der Waals surface area contributed by atoms with E-state index < -0.39 is 0 Å². The fourth-order valence-corrected chi connectivity index (χ4v) is 19.7. The van der Waals surface area contributed by atoms with E-state index in [0.29, 0.717) is 43.8 Å². The van der Waals surface area contributed by atoms with Gasteiger partial charge < -0.3 is 43.1 Å². The fourth-order valence-electron chi connectivity index (χ4n) is 15.8. The molecule has 3 aliphatic heterocycles. The molecule has 5 heterocycles. The van der Waals surface area contributed by atoms with E-state index in [2.05, 4.69) is 314 Å². The van der Waals surface area contributed by atoms with Gasteiger partial charge in [-0.15, -0.1) is 0 Å². The van der Waals surface area contributed by atoms with Gasteiger partial charge in [-0.1, -0.05) is 270 Å². The van der Waals surface area contributed by atoms with Gasteiger partial charge in [-0.3, -0.25) is 4.98 Å². The highest BCUT2D eigenvalue weighted by Crippen LogP contribution is 2.60. The number of anilines is 12. The van der Waals surface area contributed by atoms with E-state index in [1.165, 1.54) is 30.4 Å². The second-order valence-corrected chi connectivity index (χ2v) is 33.4. The van der Waals surface area contributed by atoms with Crippen molar-refractivity contribution < 1.29 is 18.9 Å². The molecule has 3 aliphatic rings. The molecular weight excluding hydrogens is 1620 g/mol. The molecule has 0 radical (unpaired) electrons. The Morgan fingerprint density at radius 2 is 0.779 bits per heavy atom. The van der Waals surface area contributed by atoms with Crippen molar-refractivity contribution in [1.29, 1.82) is 0 Å². The van der Waals surface area contributed by atoms with Crippen LogP contribution in [0.1, 0.15) is 0 Å². The van der Waals surface area contributed by atoms with Gasteiger partial charge in [0.15, 0.2) is 28.7 Å². The molecule has 0 N–H and O–H groups in total. The van der Waals surface area contributed by atoms with Gasteiger partial charge in [0.25, 0.3) is 0 Å². The van der Waals surface area contributed by atoms with Crippen LogP contribution in [0.3, 0.4) is 0 Å². The molecule has 0 bridgehead atoms. The molecule has 0 amide bonds. The van der Waals surface area contributed by atoms with Gasteiger partial charge in [0, 0.05) is 134 Å². The number of fused-ring (bicyclic) bond motifs is 10. The lowest BCUT2D eigenvalue weighted by Crippen LogP contribution is -2.13. The maximum atomic E-state index is 7.11. The zero-order valence-corrected chi connectivity index (χ0v) is 70.2. The zero-order chi connectivity index (χ0) is 82.0. The average molecular weight is 1700 g/mol. The molecule has 0 unspecified atom stereocenters. The van der Waals surface area contributed by atoms with Crippen molar-refractivity contribution in [1.82, 2.24) is 9.55 Å². The summed E-state index contributed by atoms with van der Waals surface area (Å²) in [6, 6.07) is 140. The first-order chi connectivity index (χ1) is 60.2. The molecule has 588 valence electrons. The van der Waals surface area contributed by atoms with Gasteiger partial charge >= 0.3 is 0 Å². The number of rotatable bonds is 15. The summed E-state index contributed by atoms with van der Waals surface area (Å²) in [6.07, 6.45) is 1.69. The second kappa shape index (κ2) is 34.2. The largest absolute Gasteiger partial charge is 0.493 e. The average Bonchev–Trinajstić information content (AvgIpc) is 1.09. The molecule has 22 rings (SSSR count).